The van der Waals surface area contributed by atoms with E-state index < -0.39 is 20.2 Å². The van der Waals surface area contributed by atoms with Gasteiger partial charge in [-0.15, -0.1) is 0 Å². The molecule has 0 aromatic heterocycles. The van der Waals surface area contributed by atoms with E-state index in [1.807, 2.05) is 32.1 Å². The Morgan fingerprint density at radius 1 is 0.933 bits per heavy atom. The molecule has 160 valence electrons. The summed E-state index contributed by atoms with van der Waals surface area (Å²) in [4.78, 5) is 0. The molecule has 1 aliphatic heterocycles. The molecule has 2 aromatic carbocycles. The molecule has 5 heteroatoms. The van der Waals surface area contributed by atoms with Crippen LogP contribution in [0.15, 0.2) is 72.3 Å². The van der Waals surface area contributed by atoms with Gasteiger partial charge in [0.1, 0.15) is 18.3 Å². The molecule has 0 bridgehead atoms. The van der Waals surface area contributed by atoms with Crippen molar-refractivity contribution in [2.45, 2.75) is 63.8 Å². The lowest BCUT2D eigenvalue weighted by Crippen LogP contribution is -2.66. The Balaban J connectivity index is 1.72. The summed E-state index contributed by atoms with van der Waals surface area (Å²) in [5, 5.41) is 12.9. The highest BCUT2D eigenvalue weighted by atomic mass is 28.4. The minimum atomic E-state index is -2.64. The molecule has 3 atom stereocenters. The largest absolute Gasteiger partial charge is 0.403 e. The van der Waals surface area contributed by atoms with Crippen molar-refractivity contribution in [1.29, 1.82) is 0 Å². The van der Waals surface area contributed by atoms with Crippen molar-refractivity contribution in [3.05, 3.63) is 72.3 Å². The van der Waals surface area contributed by atoms with Gasteiger partial charge < -0.3 is 19.0 Å². The Labute approximate surface area is 180 Å². The van der Waals surface area contributed by atoms with E-state index in [0.29, 0.717) is 6.61 Å². The van der Waals surface area contributed by atoms with Crippen LogP contribution in [0.5, 0.6) is 0 Å². The second-order valence-electron chi connectivity index (χ2n) is 9.70. The van der Waals surface area contributed by atoms with Gasteiger partial charge in [-0.05, 0) is 40.9 Å². The Morgan fingerprint density at radius 2 is 1.47 bits per heavy atom. The zero-order chi connectivity index (χ0) is 21.6. The van der Waals surface area contributed by atoms with Crippen molar-refractivity contribution < 1.29 is 19.0 Å². The first kappa shape index (κ1) is 21.5. The third kappa shape index (κ3) is 3.70. The molecule has 4 nitrogen and oxygen atoms in total. The number of rotatable bonds is 5. The quantitative estimate of drug-likeness (QED) is 0.590. The molecule has 30 heavy (non-hydrogen) atoms. The molecule has 0 amide bonds. The summed E-state index contributed by atoms with van der Waals surface area (Å²) >= 11 is 0. The van der Waals surface area contributed by atoms with Crippen LogP contribution in [0.2, 0.25) is 5.04 Å². The van der Waals surface area contributed by atoms with Crippen molar-refractivity contribution in [3.63, 3.8) is 0 Å². The van der Waals surface area contributed by atoms with Crippen molar-refractivity contribution >= 4 is 18.7 Å². The van der Waals surface area contributed by atoms with Gasteiger partial charge >= 0.3 is 0 Å². The lowest BCUT2D eigenvalue weighted by atomic mass is 10.1. The van der Waals surface area contributed by atoms with E-state index in [-0.39, 0.29) is 17.2 Å². The summed E-state index contributed by atoms with van der Waals surface area (Å²) in [5.74, 6) is -0.701. The number of hydrogen-bond donors (Lipinski definition) is 1. The maximum Gasteiger partial charge on any atom is 0.261 e. The molecule has 3 unspecified atom stereocenters. The van der Waals surface area contributed by atoms with Gasteiger partial charge in [-0.2, -0.15) is 0 Å². The standard InChI is InChI=1S/C25H32O4Si/c1-24(2,3)30(19-12-8-6-9-13-19,20-14-10-7-11-15-20)27-17-18-16-21(26)23-22(18)28-25(4,5)29-23/h6-16,21-23,26H,17H2,1-5H3. The minimum absolute atomic E-state index is 0.0980. The molecule has 1 saturated heterocycles. The van der Waals surface area contributed by atoms with Gasteiger partial charge in [0.2, 0.25) is 0 Å². The van der Waals surface area contributed by atoms with Gasteiger partial charge in [0.05, 0.1) is 6.61 Å². The molecule has 0 radical (unpaired) electrons. The number of benzene rings is 2. The smallest absolute Gasteiger partial charge is 0.261 e. The summed E-state index contributed by atoms with van der Waals surface area (Å²) in [5.41, 5.74) is 0.964. The van der Waals surface area contributed by atoms with Gasteiger partial charge in [0.25, 0.3) is 8.32 Å². The summed E-state index contributed by atoms with van der Waals surface area (Å²) in [7, 11) is -2.64. The van der Waals surface area contributed by atoms with Gasteiger partial charge in [-0.25, -0.2) is 0 Å². The summed E-state index contributed by atoms with van der Waals surface area (Å²) in [6, 6.07) is 21.2. The van der Waals surface area contributed by atoms with Crippen LogP contribution < -0.4 is 10.4 Å². The predicted octanol–water partition coefficient (Wildman–Crippen LogP) is 3.38. The topological polar surface area (TPSA) is 47.9 Å². The van der Waals surface area contributed by atoms with Gasteiger partial charge in [-0.1, -0.05) is 81.4 Å². The first-order valence-electron chi connectivity index (χ1n) is 10.6. The number of fused-ring (bicyclic) bond motifs is 1. The van der Waals surface area contributed by atoms with Gasteiger partial charge in [-0.3, -0.25) is 0 Å². The van der Waals surface area contributed by atoms with E-state index >= 15 is 0 Å². The molecule has 1 fully saturated rings. The summed E-state index contributed by atoms with van der Waals surface area (Å²) in [6.45, 7) is 11.0. The van der Waals surface area contributed by atoms with Gasteiger partial charge in [0.15, 0.2) is 5.79 Å². The van der Waals surface area contributed by atoms with E-state index in [9.17, 15) is 5.11 Å². The van der Waals surface area contributed by atoms with Crippen molar-refractivity contribution in [1.82, 2.24) is 0 Å². The van der Waals surface area contributed by atoms with E-state index in [1.54, 1.807) is 0 Å². The van der Waals surface area contributed by atoms with Crippen LogP contribution in [0.3, 0.4) is 0 Å². The second kappa shape index (κ2) is 7.73. The fourth-order valence-electron chi connectivity index (χ4n) is 4.82. The van der Waals surface area contributed by atoms with Crippen LogP contribution in [-0.2, 0) is 13.9 Å². The lowest BCUT2D eigenvalue weighted by molar-refractivity contribution is -0.153. The number of aliphatic hydroxyl groups is 1. The molecule has 1 heterocycles. The molecule has 0 saturated carbocycles. The fraction of sp³-hybridized carbons (Fsp3) is 0.440. The maximum absolute atomic E-state index is 10.5. The van der Waals surface area contributed by atoms with Crippen LogP contribution in [0.25, 0.3) is 0 Å². The highest BCUT2D eigenvalue weighted by Crippen LogP contribution is 2.41. The number of ether oxygens (including phenoxy) is 2. The van der Waals surface area contributed by atoms with Crippen LogP contribution in [0.1, 0.15) is 34.6 Å². The third-order valence-corrected chi connectivity index (χ3v) is 11.1. The monoisotopic (exact) mass is 424 g/mol. The average molecular weight is 425 g/mol. The molecular formula is C25H32O4Si. The summed E-state index contributed by atoms with van der Waals surface area (Å²) in [6.07, 6.45) is 0.544. The molecule has 1 aliphatic carbocycles. The fourth-order valence-corrected chi connectivity index (χ4v) is 9.36. The van der Waals surface area contributed by atoms with Crippen LogP contribution in [0.4, 0.5) is 0 Å². The molecule has 2 aliphatic rings. The predicted molar refractivity (Wildman–Crippen MR) is 121 cm³/mol. The lowest BCUT2D eigenvalue weighted by Gasteiger charge is -2.43. The Bertz CT molecular complexity index is 862. The molecule has 1 N–H and O–H groups in total. The highest BCUT2D eigenvalue weighted by molar-refractivity contribution is 6.99. The Morgan fingerprint density at radius 3 is 1.97 bits per heavy atom. The van der Waals surface area contributed by atoms with Crippen LogP contribution >= 0.6 is 0 Å². The first-order valence-corrected chi connectivity index (χ1v) is 12.5. The first-order chi connectivity index (χ1) is 14.1. The average Bonchev–Trinajstić information content (AvgIpc) is 3.17. The SMILES string of the molecule is CC1(C)OC2C(CO[Si](c3ccccc3)(c3ccccc3)C(C)(C)C)=CC(O)C2O1. The van der Waals surface area contributed by atoms with Crippen molar-refractivity contribution in [2.75, 3.05) is 6.61 Å². The third-order valence-electron chi connectivity index (χ3n) is 6.09. The molecule has 2 aromatic rings. The zero-order valence-corrected chi connectivity index (χ0v) is 19.5. The van der Waals surface area contributed by atoms with Crippen molar-refractivity contribution in [3.8, 4) is 0 Å². The van der Waals surface area contributed by atoms with Gasteiger partial charge in [0, 0.05) is 0 Å². The van der Waals surface area contributed by atoms with Crippen LogP contribution in [-0.4, -0.2) is 44.1 Å². The molecule has 0 spiro atoms. The second-order valence-corrected chi connectivity index (χ2v) is 14.0. The van der Waals surface area contributed by atoms with Crippen molar-refractivity contribution in [2.24, 2.45) is 0 Å². The van der Waals surface area contributed by atoms with E-state index in [4.69, 9.17) is 13.9 Å². The minimum Gasteiger partial charge on any atom is -0.403 e. The maximum atomic E-state index is 10.5. The van der Waals surface area contributed by atoms with Crippen LogP contribution in [0, 0.1) is 0 Å². The Hall–Kier alpha value is -1.76. The zero-order valence-electron chi connectivity index (χ0n) is 18.5. The van der Waals surface area contributed by atoms with E-state index in [2.05, 4.69) is 69.3 Å². The number of aliphatic hydroxyl groups excluding tert-OH is 1. The highest BCUT2D eigenvalue weighted by Gasteiger charge is 2.53. The number of hydrogen-bond acceptors (Lipinski definition) is 4. The van der Waals surface area contributed by atoms with E-state index in [1.165, 1.54) is 10.4 Å². The molecule has 4 rings (SSSR count). The van der Waals surface area contributed by atoms with E-state index in [0.717, 1.165) is 5.57 Å². The Kier molecular flexibility index (Phi) is 5.53. The normalized spacial score (nSPS) is 25.8. The molecular weight excluding hydrogens is 392 g/mol. The summed E-state index contributed by atoms with van der Waals surface area (Å²) < 4.78 is 19.0.